The summed E-state index contributed by atoms with van der Waals surface area (Å²) in [5, 5.41) is 0. The molecule has 0 saturated heterocycles. The standard InChI is InChI=1S/C9H18O2/c1-4-8(2)6-5-7-9(10)11-3/h8H,4-7H2,1-3H3. The molecule has 0 aliphatic heterocycles. The highest BCUT2D eigenvalue weighted by Gasteiger charge is 2.02. The highest BCUT2D eigenvalue weighted by molar-refractivity contribution is 5.68. The summed E-state index contributed by atoms with van der Waals surface area (Å²) >= 11 is 0. The molecule has 2 nitrogen and oxygen atoms in total. The SMILES string of the molecule is CCC(C)CCCC(=O)OC. The molecule has 0 N–H and O–H groups in total. The molecule has 0 aromatic rings. The maximum Gasteiger partial charge on any atom is 0.305 e. The number of hydrogen-bond donors (Lipinski definition) is 0. The zero-order valence-corrected chi connectivity index (χ0v) is 7.72. The Morgan fingerprint density at radius 1 is 1.55 bits per heavy atom. The Morgan fingerprint density at radius 2 is 2.18 bits per heavy atom. The average molecular weight is 158 g/mol. The predicted molar refractivity (Wildman–Crippen MR) is 45.3 cm³/mol. The number of carbonyl (C=O) groups excluding carboxylic acids is 1. The van der Waals surface area contributed by atoms with Crippen LogP contribution in [-0.4, -0.2) is 13.1 Å². The molecular formula is C9H18O2. The van der Waals surface area contributed by atoms with Gasteiger partial charge in [-0.3, -0.25) is 4.79 Å². The van der Waals surface area contributed by atoms with Gasteiger partial charge in [-0.1, -0.05) is 26.7 Å². The molecule has 2 heteroatoms. The number of methoxy groups -OCH3 is 1. The minimum absolute atomic E-state index is 0.0895. The molecule has 1 unspecified atom stereocenters. The fraction of sp³-hybridized carbons (Fsp3) is 0.889. The molecule has 0 saturated carbocycles. The maximum atomic E-state index is 10.7. The van der Waals surface area contributed by atoms with Crippen LogP contribution < -0.4 is 0 Å². The van der Waals surface area contributed by atoms with Gasteiger partial charge in [0.15, 0.2) is 0 Å². The summed E-state index contributed by atoms with van der Waals surface area (Å²) in [5.74, 6) is 0.646. The number of rotatable bonds is 5. The number of esters is 1. The Balaban J connectivity index is 3.20. The molecule has 0 fully saturated rings. The van der Waals surface area contributed by atoms with E-state index in [1.54, 1.807) is 0 Å². The Hall–Kier alpha value is -0.530. The average Bonchev–Trinajstić information content (AvgIpc) is 2.04. The summed E-state index contributed by atoms with van der Waals surface area (Å²) in [5.41, 5.74) is 0. The van der Waals surface area contributed by atoms with Gasteiger partial charge < -0.3 is 4.74 Å². The first-order valence-electron chi connectivity index (χ1n) is 4.27. The van der Waals surface area contributed by atoms with Gasteiger partial charge in [0, 0.05) is 6.42 Å². The number of ether oxygens (including phenoxy) is 1. The van der Waals surface area contributed by atoms with Crippen molar-refractivity contribution in [1.82, 2.24) is 0 Å². The van der Waals surface area contributed by atoms with Crippen LogP contribution in [0.15, 0.2) is 0 Å². The second-order valence-corrected chi connectivity index (χ2v) is 2.98. The molecule has 0 aromatic carbocycles. The smallest absolute Gasteiger partial charge is 0.305 e. The molecular weight excluding hydrogens is 140 g/mol. The molecule has 1 atom stereocenters. The van der Waals surface area contributed by atoms with E-state index in [1.807, 2.05) is 0 Å². The molecule has 0 amide bonds. The van der Waals surface area contributed by atoms with E-state index in [0.29, 0.717) is 6.42 Å². The molecule has 0 aliphatic carbocycles. The third-order valence-electron chi connectivity index (χ3n) is 2.00. The molecule has 0 heterocycles. The van der Waals surface area contributed by atoms with Crippen LogP contribution in [0.4, 0.5) is 0 Å². The Labute approximate surface area is 68.9 Å². The second kappa shape index (κ2) is 6.20. The topological polar surface area (TPSA) is 26.3 Å². The van der Waals surface area contributed by atoms with Gasteiger partial charge in [0.1, 0.15) is 0 Å². The van der Waals surface area contributed by atoms with Crippen molar-refractivity contribution in [2.75, 3.05) is 7.11 Å². The quantitative estimate of drug-likeness (QED) is 0.574. The lowest BCUT2D eigenvalue weighted by molar-refractivity contribution is -0.140. The predicted octanol–water partition coefficient (Wildman–Crippen LogP) is 2.38. The van der Waals surface area contributed by atoms with E-state index >= 15 is 0 Å². The van der Waals surface area contributed by atoms with Crippen LogP contribution in [-0.2, 0) is 9.53 Å². The van der Waals surface area contributed by atoms with Crippen molar-refractivity contribution in [2.45, 2.75) is 39.5 Å². The minimum atomic E-state index is -0.0895. The van der Waals surface area contributed by atoms with Crippen LogP contribution in [0.3, 0.4) is 0 Å². The summed E-state index contributed by atoms with van der Waals surface area (Å²) < 4.78 is 4.53. The number of hydrogen-bond acceptors (Lipinski definition) is 2. The zero-order valence-electron chi connectivity index (χ0n) is 7.72. The first-order valence-corrected chi connectivity index (χ1v) is 4.27. The second-order valence-electron chi connectivity index (χ2n) is 2.98. The Bertz CT molecular complexity index is 110. The summed E-state index contributed by atoms with van der Waals surface area (Å²) in [6.45, 7) is 4.38. The van der Waals surface area contributed by atoms with Crippen LogP contribution in [0.5, 0.6) is 0 Å². The summed E-state index contributed by atoms with van der Waals surface area (Å²) in [6.07, 6.45) is 3.86. The van der Waals surface area contributed by atoms with Crippen molar-refractivity contribution in [3.63, 3.8) is 0 Å². The third-order valence-corrected chi connectivity index (χ3v) is 2.00. The molecule has 0 bridgehead atoms. The Kier molecular flexibility index (Phi) is 5.90. The maximum absolute atomic E-state index is 10.7. The lowest BCUT2D eigenvalue weighted by Gasteiger charge is -2.05. The van der Waals surface area contributed by atoms with Gasteiger partial charge in [0.2, 0.25) is 0 Å². The van der Waals surface area contributed by atoms with Crippen molar-refractivity contribution in [1.29, 1.82) is 0 Å². The van der Waals surface area contributed by atoms with Crippen molar-refractivity contribution in [3.8, 4) is 0 Å². The first kappa shape index (κ1) is 10.5. The van der Waals surface area contributed by atoms with Gasteiger partial charge in [-0.15, -0.1) is 0 Å². The van der Waals surface area contributed by atoms with Gasteiger partial charge in [-0.05, 0) is 12.3 Å². The van der Waals surface area contributed by atoms with Gasteiger partial charge >= 0.3 is 5.97 Å². The summed E-state index contributed by atoms with van der Waals surface area (Å²) in [4.78, 5) is 10.7. The normalized spacial score (nSPS) is 12.6. The van der Waals surface area contributed by atoms with Gasteiger partial charge in [-0.25, -0.2) is 0 Å². The van der Waals surface area contributed by atoms with E-state index < -0.39 is 0 Å². The van der Waals surface area contributed by atoms with Gasteiger partial charge in [-0.2, -0.15) is 0 Å². The lowest BCUT2D eigenvalue weighted by atomic mass is 10.0. The Morgan fingerprint density at radius 3 is 2.64 bits per heavy atom. The van der Waals surface area contributed by atoms with Crippen molar-refractivity contribution >= 4 is 5.97 Å². The van der Waals surface area contributed by atoms with Crippen molar-refractivity contribution in [3.05, 3.63) is 0 Å². The largest absolute Gasteiger partial charge is 0.469 e. The number of carbonyl (C=O) groups is 1. The molecule has 0 spiro atoms. The molecule has 0 radical (unpaired) electrons. The highest BCUT2D eigenvalue weighted by Crippen LogP contribution is 2.10. The van der Waals surface area contributed by atoms with E-state index in [1.165, 1.54) is 13.5 Å². The highest BCUT2D eigenvalue weighted by atomic mass is 16.5. The summed E-state index contributed by atoms with van der Waals surface area (Å²) in [7, 11) is 1.44. The zero-order chi connectivity index (χ0) is 8.69. The van der Waals surface area contributed by atoms with Crippen LogP contribution in [0.2, 0.25) is 0 Å². The molecule has 11 heavy (non-hydrogen) atoms. The third kappa shape index (κ3) is 5.89. The van der Waals surface area contributed by atoms with E-state index in [2.05, 4.69) is 18.6 Å². The lowest BCUT2D eigenvalue weighted by Crippen LogP contribution is -2.01. The molecule has 0 aromatic heterocycles. The fourth-order valence-electron chi connectivity index (χ4n) is 0.901. The van der Waals surface area contributed by atoms with Crippen LogP contribution >= 0.6 is 0 Å². The first-order chi connectivity index (χ1) is 5.20. The van der Waals surface area contributed by atoms with Crippen LogP contribution in [0.25, 0.3) is 0 Å². The van der Waals surface area contributed by atoms with Gasteiger partial charge in [0.25, 0.3) is 0 Å². The van der Waals surface area contributed by atoms with Crippen molar-refractivity contribution < 1.29 is 9.53 Å². The van der Waals surface area contributed by atoms with Crippen LogP contribution in [0.1, 0.15) is 39.5 Å². The van der Waals surface area contributed by atoms with Crippen LogP contribution in [0, 0.1) is 5.92 Å². The van der Waals surface area contributed by atoms with E-state index in [0.717, 1.165) is 18.8 Å². The van der Waals surface area contributed by atoms with E-state index in [9.17, 15) is 4.79 Å². The minimum Gasteiger partial charge on any atom is -0.469 e. The molecule has 0 rings (SSSR count). The molecule has 0 aliphatic rings. The van der Waals surface area contributed by atoms with E-state index in [-0.39, 0.29) is 5.97 Å². The molecule has 66 valence electrons. The monoisotopic (exact) mass is 158 g/mol. The van der Waals surface area contributed by atoms with E-state index in [4.69, 9.17) is 0 Å². The van der Waals surface area contributed by atoms with Crippen molar-refractivity contribution in [2.24, 2.45) is 5.92 Å². The fourth-order valence-corrected chi connectivity index (χ4v) is 0.901. The summed E-state index contributed by atoms with van der Waals surface area (Å²) in [6, 6.07) is 0. The van der Waals surface area contributed by atoms with Gasteiger partial charge in [0.05, 0.1) is 7.11 Å².